The Morgan fingerprint density at radius 2 is 1.76 bits per heavy atom. The predicted octanol–water partition coefficient (Wildman–Crippen LogP) is 6.70. The lowest BCUT2D eigenvalue weighted by Gasteiger charge is -2.38. The van der Waals surface area contributed by atoms with Gasteiger partial charge in [0.25, 0.3) is 5.91 Å². The summed E-state index contributed by atoms with van der Waals surface area (Å²) in [5.41, 5.74) is -4.83. The van der Waals surface area contributed by atoms with Gasteiger partial charge in [0.2, 0.25) is 0 Å². The first-order valence-electron chi connectivity index (χ1n) is 13.9. The number of thioether (sulfide) groups is 1. The molecule has 0 bridgehead atoms. The summed E-state index contributed by atoms with van der Waals surface area (Å²) in [5.74, 6) is -2.72. The van der Waals surface area contributed by atoms with Gasteiger partial charge in [-0.2, -0.15) is 18.3 Å². The lowest BCUT2D eigenvalue weighted by Crippen LogP contribution is -2.41. The first kappa shape index (κ1) is 32.5. The smallest absolute Gasteiger partial charge is 0.383 e. The fourth-order valence-electron chi connectivity index (χ4n) is 5.21. The van der Waals surface area contributed by atoms with Crippen LogP contribution >= 0.6 is 11.8 Å². The Bertz CT molecular complexity index is 1580. The Labute approximate surface area is 259 Å². The molecule has 1 aromatic heterocycles. The van der Waals surface area contributed by atoms with Crippen LogP contribution in [0.2, 0.25) is 0 Å². The maximum Gasteiger partial charge on any atom is 0.446 e. The zero-order valence-electron chi connectivity index (χ0n) is 23.9. The minimum absolute atomic E-state index is 0.0123. The van der Waals surface area contributed by atoms with Gasteiger partial charge in [-0.3, -0.25) is 4.79 Å². The molecular weight excluding hydrogens is 619 g/mol. The van der Waals surface area contributed by atoms with Gasteiger partial charge in [-0.25, -0.2) is 18.4 Å². The SMILES string of the molecule is CC(CC1COC(c2ccc(C(=O)Nc3ccc(SC(F)(F)F)cc3)cc2)OC1)C(O)(Cn1cncn1)c1ccc(F)cc1F. The second-order valence-corrected chi connectivity index (χ2v) is 11.9. The van der Waals surface area contributed by atoms with E-state index in [9.17, 15) is 31.9 Å². The molecule has 1 aliphatic rings. The fourth-order valence-corrected chi connectivity index (χ4v) is 5.75. The summed E-state index contributed by atoms with van der Waals surface area (Å²) in [6.45, 7) is 2.23. The van der Waals surface area contributed by atoms with Crippen LogP contribution in [0.3, 0.4) is 0 Å². The number of aliphatic hydroxyl groups is 1. The van der Waals surface area contributed by atoms with Gasteiger partial charge in [0, 0.05) is 39.3 Å². The number of aromatic nitrogens is 3. The quantitative estimate of drug-likeness (QED) is 0.146. The topological polar surface area (TPSA) is 98.5 Å². The van der Waals surface area contributed by atoms with Crippen LogP contribution in [0.25, 0.3) is 0 Å². The molecule has 0 aliphatic carbocycles. The van der Waals surface area contributed by atoms with Crippen LogP contribution < -0.4 is 5.32 Å². The van der Waals surface area contributed by atoms with Crippen molar-refractivity contribution in [3.8, 4) is 0 Å². The van der Waals surface area contributed by atoms with Crippen molar-refractivity contribution in [1.29, 1.82) is 0 Å². The highest BCUT2D eigenvalue weighted by Gasteiger charge is 2.41. The Morgan fingerprint density at radius 1 is 1.07 bits per heavy atom. The molecule has 238 valence electrons. The molecule has 4 aromatic rings. The summed E-state index contributed by atoms with van der Waals surface area (Å²) in [4.78, 5) is 16.6. The van der Waals surface area contributed by atoms with E-state index >= 15 is 0 Å². The number of nitrogens with one attached hydrogen (secondary N) is 1. The minimum atomic E-state index is -4.39. The standard InChI is InChI=1S/C31H29F5N4O4S/c1-19(30(42,16-40-18-37-17-38-40)26-11-6-23(32)13-27(26)33)12-20-14-43-29(44-15-20)22-4-2-21(3-5-22)28(41)39-24-7-9-25(10-8-24)45-31(34,35)36/h2-11,13,17-20,29,42H,12,14-16H2,1H3,(H,39,41). The lowest BCUT2D eigenvalue weighted by atomic mass is 9.77. The molecular formula is C31H29F5N4O4S. The Balaban J connectivity index is 1.17. The summed E-state index contributed by atoms with van der Waals surface area (Å²) in [6, 6.07) is 14.9. The highest BCUT2D eigenvalue weighted by Crippen LogP contribution is 2.39. The predicted molar refractivity (Wildman–Crippen MR) is 155 cm³/mol. The number of ether oxygens (including phenoxy) is 2. The molecule has 1 fully saturated rings. The Hall–Kier alpha value is -3.85. The fraction of sp³-hybridized carbons (Fsp3) is 0.323. The zero-order chi connectivity index (χ0) is 32.2. The van der Waals surface area contributed by atoms with Gasteiger partial charge in [-0.05, 0) is 66.6 Å². The zero-order valence-corrected chi connectivity index (χ0v) is 24.7. The minimum Gasteiger partial charge on any atom is -0.383 e. The number of amides is 1. The number of carbonyl (C=O) groups excluding carboxylic acids is 1. The number of rotatable bonds is 10. The summed E-state index contributed by atoms with van der Waals surface area (Å²) >= 11 is -0.234. The van der Waals surface area contributed by atoms with E-state index < -0.39 is 40.9 Å². The van der Waals surface area contributed by atoms with Crippen molar-refractivity contribution in [1.82, 2.24) is 14.8 Å². The molecule has 8 nitrogen and oxygen atoms in total. The van der Waals surface area contributed by atoms with Gasteiger partial charge in [-0.1, -0.05) is 25.1 Å². The van der Waals surface area contributed by atoms with Crippen molar-refractivity contribution in [2.24, 2.45) is 11.8 Å². The van der Waals surface area contributed by atoms with Crippen LogP contribution in [0, 0.1) is 23.5 Å². The number of nitrogens with zero attached hydrogens (tertiary/aromatic N) is 3. The summed E-state index contributed by atoms with van der Waals surface area (Å²) < 4.78 is 79.4. The summed E-state index contributed by atoms with van der Waals surface area (Å²) in [6.07, 6.45) is 2.40. The van der Waals surface area contributed by atoms with E-state index in [0.29, 0.717) is 23.2 Å². The van der Waals surface area contributed by atoms with Gasteiger partial charge >= 0.3 is 5.51 Å². The van der Waals surface area contributed by atoms with Crippen LogP contribution in [0.4, 0.5) is 27.6 Å². The van der Waals surface area contributed by atoms with Crippen molar-refractivity contribution in [3.63, 3.8) is 0 Å². The van der Waals surface area contributed by atoms with Gasteiger partial charge < -0.3 is 19.9 Å². The monoisotopic (exact) mass is 648 g/mol. The number of anilines is 1. The molecule has 2 heterocycles. The van der Waals surface area contributed by atoms with Gasteiger partial charge in [-0.15, -0.1) is 0 Å². The molecule has 1 amide bonds. The molecule has 2 unspecified atom stereocenters. The van der Waals surface area contributed by atoms with E-state index in [1.807, 2.05) is 0 Å². The first-order chi connectivity index (χ1) is 21.4. The van der Waals surface area contributed by atoms with Crippen LogP contribution in [0.1, 0.15) is 41.1 Å². The third-order valence-electron chi connectivity index (χ3n) is 7.53. The summed E-state index contributed by atoms with van der Waals surface area (Å²) in [7, 11) is 0. The van der Waals surface area contributed by atoms with Crippen molar-refractivity contribution >= 4 is 23.4 Å². The molecule has 1 saturated heterocycles. The van der Waals surface area contributed by atoms with Crippen molar-refractivity contribution < 1.29 is 41.3 Å². The molecule has 14 heteroatoms. The first-order valence-corrected chi connectivity index (χ1v) is 14.7. The molecule has 0 spiro atoms. The molecule has 2 N–H and O–H groups in total. The molecule has 5 rings (SSSR count). The van der Waals surface area contributed by atoms with Gasteiger partial charge in [0.05, 0.1) is 19.8 Å². The number of benzene rings is 3. The normalized spacial score (nSPS) is 19.1. The second-order valence-electron chi connectivity index (χ2n) is 10.8. The molecule has 45 heavy (non-hydrogen) atoms. The second kappa shape index (κ2) is 13.6. The summed E-state index contributed by atoms with van der Waals surface area (Å²) in [5, 5.41) is 18.5. The van der Waals surface area contributed by atoms with Crippen LogP contribution in [-0.4, -0.2) is 44.5 Å². The van der Waals surface area contributed by atoms with Crippen molar-refractivity contribution in [3.05, 3.63) is 108 Å². The third-order valence-corrected chi connectivity index (χ3v) is 8.27. The molecule has 0 radical (unpaired) electrons. The Kier molecular flexibility index (Phi) is 9.87. The maximum atomic E-state index is 14.8. The number of hydrogen-bond donors (Lipinski definition) is 2. The van der Waals surface area contributed by atoms with E-state index in [1.54, 1.807) is 31.2 Å². The number of alkyl halides is 3. The molecule has 1 aliphatic heterocycles. The highest BCUT2D eigenvalue weighted by molar-refractivity contribution is 8.00. The molecule has 2 atom stereocenters. The van der Waals surface area contributed by atoms with Gasteiger partial charge in [0.15, 0.2) is 6.29 Å². The molecule has 0 saturated carbocycles. The number of halogens is 5. The van der Waals surface area contributed by atoms with E-state index in [2.05, 4.69) is 15.4 Å². The van der Waals surface area contributed by atoms with Crippen molar-refractivity contribution in [2.45, 2.75) is 42.2 Å². The van der Waals surface area contributed by atoms with E-state index in [4.69, 9.17) is 9.47 Å². The lowest BCUT2D eigenvalue weighted by molar-refractivity contribution is -0.210. The average Bonchev–Trinajstić information content (AvgIpc) is 3.50. The number of carbonyl (C=O) groups is 1. The highest BCUT2D eigenvalue weighted by atomic mass is 32.2. The van der Waals surface area contributed by atoms with Gasteiger partial charge in [0.1, 0.15) is 29.9 Å². The van der Waals surface area contributed by atoms with Crippen LogP contribution in [-0.2, 0) is 21.6 Å². The number of hydrogen-bond acceptors (Lipinski definition) is 7. The molecule has 3 aromatic carbocycles. The van der Waals surface area contributed by atoms with E-state index in [-0.39, 0.29) is 47.9 Å². The third kappa shape index (κ3) is 8.25. The van der Waals surface area contributed by atoms with Crippen molar-refractivity contribution in [2.75, 3.05) is 18.5 Å². The average molecular weight is 649 g/mol. The maximum absolute atomic E-state index is 14.8. The largest absolute Gasteiger partial charge is 0.446 e. The van der Waals surface area contributed by atoms with E-state index in [1.165, 1.54) is 47.7 Å². The van der Waals surface area contributed by atoms with Crippen LogP contribution in [0.15, 0.2) is 84.3 Å². The van der Waals surface area contributed by atoms with Crippen LogP contribution in [0.5, 0.6) is 0 Å². The van der Waals surface area contributed by atoms with E-state index in [0.717, 1.165) is 12.1 Å². The Morgan fingerprint density at radius 3 is 2.36 bits per heavy atom.